The molecule has 0 unspecified atom stereocenters. The van der Waals surface area contributed by atoms with Crippen LogP contribution in [-0.2, 0) is 21.5 Å². The Kier molecular flexibility index (Phi) is 5.21. The van der Waals surface area contributed by atoms with E-state index in [9.17, 15) is 9.59 Å². The molecule has 156 valence electrons. The number of likely N-dealkylation sites (tertiary alicyclic amines) is 1. The Morgan fingerprint density at radius 1 is 1.28 bits per heavy atom. The van der Waals surface area contributed by atoms with Gasteiger partial charge in [-0.25, -0.2) is 4.98 Å². The lowest BCUT2D eigenvalue weighted by molar-refractivity contribution is -0.145. The third-order valence-corrected chi connectivity index (χ3v) is 6.26. The summed E-state index contributed by atoms with van der Waals surface area (Å²) in [6.45, 7) is 6.02. The molecule has 2 aliphatic heterocycles. The average Bonchev–Trinajstić information content (AvgIpc) is 3.38. The van der Waals surface area contributed by atoms with Gasteiger partial charge in [0.1, 0.15) is 12.3 Å². The lowest BCUT2D eigenvalue weighted by Gasteiger charge is -2.50. The van der Waals surface area contributed by atoms with Crippen molar-refractivity contribution in [2.75, 3.05) is 33.4 Å². The summed E-state index contributed by atoms with van der Waals surface area (Å²) in [7, 11) is 1.54. The SMILES string of the molecule is COCC(=O)N1CCc2[nH]cnc2C12CCN(C(=O)c1cccn1C(C)C)CC2. The predicted molar refractivity (Wildman–Crippen MR) is 108 cm³/mol. The van der Waals surface area contributed by atoms with Crippen molar-refractivity contribution in [3.8, 4) is 0 Å². The number of carbonyl (C=O) groups is 2. The molecular weight excluding hydrogens is 370 g/mol. The molecule has 0 saturated carbocycles. The van der Waals surface area contributed by atoms with Gasteiger partial charge in [-0.1, -0.05) is 0 Å². The summed E-state index contributed by atoms with van der Waals surface area (Å²) in [6, 6.07) is 4.03. The molecule has 1 N–H and O–H groups in total. The van der Waals surface area contributed by atoms with Gasteiger partial charge in [-0.2, -0.15) is 0 Å². The van der Waals surface area contributed by atoms with Crippen LogP contribution in [0.5, 0.6) is 0 Å². The zero-order valence-corrected chi connectivity index (χ0v) is 17.4. The first-order valence-corrected chi connectivity index (χ1v) is 10.3. The number of carbonyl (C=O) groups excluding carboxylic acids is 2. The Morgan fingerprint density at radius 3 is 2.72 bits per heavy atom. The molecule has 8 heteroatoms. The number of imidazole rings is 1. The number of nitrogens with one attached hydrogen (secondary N) is 1. The summed E-state index contributed by atoms with van der Waals surface area (Å²) in [5, 5.41) is 0. The number of methoxy groups -OCH3 is 1. The zero-order valence-electron chi connectivity index (χ0n) is 17.4. The van der Waals surface area contributed by atoms with E-state index < -0.39 is 5.54 Å². The van der Waals surface area contributed by atoms with Crippen LogP contribution in [0.25, 0.3) is 0 Å². The van der Waals surface area contributed by atoms with Crippen molar-refractivity contribution in [2.24, 2.45) is 0 Å². The molecule has 0 atom stereocenters. The van der Waals surface area contributed by atoms with E-state index in [2.05, 4.69) is 23.8 Å². The van der Waals surface area contributed by atoms with Gasteiger partial charge in [0.2, 0.25) is 5.91 Å². The van der Waals surface area contributed by atoms with Crippen LogP contribution >= 0.6 is 0 Å². The Hall–Kier alpha value is -2.61. The largest absolute Gasteiger partial charge is 0.375 e. The first-order chi connectivity index (χ1) is 14.0. The van der Waals surface area contributed by atoms with Crippen molar-refractivity contribution >= 4 is 11.8 Å². The molecule has 29 heavy (non-hydrogen) atoms. The Labute approximate surface area is 170 Å². The van der Waals surface area contributed by atoms with Crippen LogP contribution in [0.15, 0.2) is 24.7 Å². The summed E-state index contributed by atoms with van der Waals surface area (Å²) < 4.78 is 7.12. The van der Waals surface area contributed by atoms with Gasteiger partial charge in [0.25, 0.3) is 5.91 Å². The highest BCUT2D eigenvalue weighted by Crippen LogP contribution is 2.42. The molecule has 2 amide bonds. The number of rotatable bonds is 4. The fourth-order valence-corrected chi connectivity index (χ4v) is 4.82. The fourth-order valence-electron chi connectivity index (χ4n) is 4.82. The second-order valence-corrected chi connectivity index (χ2v) is 8.18. The number of fused-ring (bicyclic) bond motifs is 2. The molecular formula is C21H29N5O3. The monoisotopic (exact) mass is 399 g/mol. The third kappa shape index (κ3) is 3.25. The maximum absolute atomic E-state index is 13.2. The normalized spacial score (nSPS) is 18.3. The van der Waals surface area contributed by atoms with Crippen LogP contribution in [0.2, 0.25) is 0 Å². The van der Waals surface area contributed by atoms with Gasteiger partial charge in [0.05, 0.1) is 17.6 Å². The molecule has 1 fully saturated rings. The van der Waals surface area contributed by atoms with E-state index in [1.54, 1.807) is 13.4 Å². The summed E-state index contributed by atoms with van der Waals surface area (Å²) in [5.74, 6) is 0.0287. The van der Waals surface area contributed by atoms with Gasteiger partial charge in [-0.05, 0) is 38.8 Å². The summed E-state index contributed by atoms with van der Waals surface area (Å²) in [6.07, 6.45) is 5.77. The summed E-state index contributed by atoms with van der Waals surface area (Å²) in [5.41, 5.74) is 2.29. The van der Waals surface area contributed by atoms with Crippen molar-refractivity contribution in [3.05, 3.63) is 41.7 Å². The fraction of sp³-hybridized carbons (Fsp3) is 0.571. The number of H-pyrrole nitrogens is 1. The molecule has 0 bridgehead atoms. The van der Waals surface area contributed by atoms with Gasteiger partial charge in [0, 0.05) is 51.1 Å². The van der Waals surface area contributed by atoms with Crippen molar-refractivity contribution in [1.29, 1.82) is 0 Å². The highest BCUT2D eigenvalue weighted by Gasteiger charge is 2.49. The van der Waals surface area contributed by atoms with Crippen LogP contribution in [0.4, 0.5) is 0 Å². The van der Waals surface area contributed by atoms with Crippen molar-refractivity contribution < 1.29 is 14.3 Å². The van der Waals surface area contributed by atoms with Crippen molar-refractivity contribution in [1.82, 2.24) is 24.3 Å². The Morgan fingerprint density at radius 2 is 2.03 bits per heavy atom. The minimum atomic E-state index is -0.472. The van der Waals surface area contributed by atoms with Crippen LogP contribution < -0.4 is 0 Å². The molecule has 0 radical (unpaired) electrons. The third-order valence-electron chi connectivity index (χ3n) is 6.26. The molecule has 0 aromatic carbocycles. The van der Waals surface area contributed by atoms with Crippen LogP contribution in [0, 0.1) is 0 Å². The standard InChI is InChI=1S/C21H29N5O3/c1-15(2)25-9-4-5-17(25)20(28)24-11-7-21(8-12-24)19-16(22-14-23-19)6-10-26(21)18(27)13-29-3/h4-5,9,14-15H,6-8,10-13H2,1-3H3,(H,22,23). The van der Waals surface area contributed by atoms with Gasteiger partial charge in [0.15, 0.2) is 0 Å². The molecule has 0 aliphatic carbocycles. The van der Waals surface area contributed by atoms with Crippen LogP contribution in [0.3, 0.4) is 0 Å². The molecule has 2 aliphatic rings. The highest BCUT2D eigenvalue weighted by atomic mass is 16.5. The van der Waals surface area contributed by atoms with Crippen LogP contribution in [0.1, 0.15) is 54.6 Å². The van der Waals surface area contributed by atoms with E-state index in [0.717, 1.165) is 17.8 Å². The first-order valence-electron chi connectivity index (χ1n) is 10.3. The Bertz CT molecular complexity index is 892. The van der Waals surface area contributed by atoms with Gasteiger partial charge in [-0.3, -0.25) is 9.59 Å². The second kappa shape index (κ2) is 7.67. The van der Waals surface area contributed by atoms with E-state index in [1.807, 2.05) is 32.7 Å². The lowest BCUT2D eigenvalue weighted by atomic mass is 9.78. The van der Waals surface area contributed by atoms with Crippen LogP contribution in [-0.4, -0.2) is 69.5 Å². The lowest BCUT2D eigenvalue weighted by Crippen LogP contribution is -2.59. The van der Waals surface area contributed by atoms with E-state index in [1.165, 1.54) is 0 Å². The maximum atomic E-state index is 13.2. The van der Waals surface area contributed by atoms with Crippen molar-refractivity contribution in [2.45, 2.75) is 44.7 Å². The number of ether oxygens (including phenoxy) is 1. The molecule has 8 nitrogen and oxygen atoms in total. The van der Waals surface area contributed by atoms with Gasteiger partial charge < -0.3 is 24.1 Å². The minimum Gasteiger partial charge on any atom is -0.375 e. The van der Waals surface area contributed by atoms with E-state index in [0.29, 0.717) is 38.2 Å². The van der Waals surface area contributed by atoms with E-state index in [4.69, 9.17) is 4.74 Å². The first kappa shape index (κ1) is 19.7. The number of aromatic nitrogens is 3. The number of aromatic amines is 1. The molecule has 4 heterocycles. The number of nitrogens with zero attached hydrogens (tertiary/aromatic N) is 4. The number of hydrogen-bond acceptors (Lipinski definition) is 4. The topological polar surface area (TPSA) is 83.5 Å². The van der Waals surface area contributed by atoms with E-state index >= 15 is 0 Å². The summed E-state index contributed by atoms with van der Waals surface area (Å²) in [4.78, 5) is 37.6. The van der Waals surface area contributed by atoms with Crippen molar-refractivity contribution in [3.63, 3.8) is 0 Å². The van der Waals surface area contributed by atoms with Gasteiger partial charge >= 0.3 is 0 Å². The molecule has 1 spiro atoms. The Balaban J connectivity index is 1.58. The molecule has 4 rings (SSSR count). The average molecular weight is 399 g/mol. The molecule has 1 saturated heterocycles. The van der Waals surface area contributed by atoms with E-state index in [-0.39, 0.29) is 24.5 Å². The van der Waals surface area contributed by atoms with Gasteiger partial charge in [-0.15, -0.1) is 0 Å². The maximum Gasteiger partial charge on any atom is 0.270 e. The molecule has 2 aromatic rings. The number of piperidine rings is 1. The predicted octanol–water partition coefficient (Wildman–Crippen LogP) is 1.95. The highest BCUT2D eigenvalue weighted by molar-refractivity contribution is 5.93. The number of amides is 2. The number of hydrogen-bond donors (Lipinski definition) is 1. The zero-order chi connectivity index (χ0) is 20.6. The minimum absolute atomic E-state index is 0.0189. The summed E-state index contributed by atoms with van der Waals surface area (Å²) >= 11 is 0. The quantitative estimate of drug-likeness (QED) is 0.852. The molecule has 2 aromatic heterocycles. The smallest absolute Gasteiger partial charge is 0.270 e. The second-order valence-electron chi connectivity index (χ2n) is 8.18.